The van der Waals surface area contributed by atoms with Crippen molar-refractivity contribution in [2.24, 2.45) is 0 Å². The fourth-order valence-electron chi connectivity index (χ4n) is 2.41. The van der Waals surface area contributed by atoms with Gasteiger partial charge in [-0.05, 0) is 24.3 Å². The van der Waals surface area contributed by atoms with Crippen molar-refractivity contribution in [3.63, 3.8) is 0 Å². The highest BCUT2D eigenvalue weighted by Gasteiger charge is 2.19. The molecule has 0 atom stereocenters. The summed E-state index contributed by atoms with van der Waals surface area (Å²) in [4.78, 5) is 33.4. The molecule has 0 aliphatic heterocycles. The van der Waals surface area contributed by atoms with Crippen LogP contribution in [0.2, 0.25) is 0 Å². The van der Waals surface area contributed by atoms with Gasteiger partial charge in [0.25, 0.3) is 0 Å². The Morgan fingerprint density at radius 3 is 2.64 bits per heavy atom. The van der Waals surface area contributed by atoms with Gasteiger partial charge in [-0.15, -0.1) is 0 Å². The number of anilines is 1. The summed E-state index contributed by atoms with van der Waals surface area (Å²) >= 11 is 1.32. The van der Waals surface area contributed by atoms with E-state index in [1.54, 1.807) is 31.3 Å². The fourth-order valence-corrected chi connectivity index (χ4v) is 3.21. The number of aromatic amines is 1. The maximum Gasteiger partial charge on any atom is 0.339 e. The molecule has 1 N–H and O–H groups in total. The lowest BCUT2D eigenvalue weighted by atomic mass is 10.1. The van der Waals surface area contributed by atoms with Crippen LogP contribution in [0, 0.1) is 0 Å². The number of nitrogens with one attached hydrogen (secondary N) is 1. The fraction of sp³-hybridized carbons (Fsp3) is 0.167. The zero-order valence-corrected chi connectivity index (χ0v) is 14.7. The topological polar surface area (TPSA) is 75.3 Å². The first-order chi connectivity index (χ1) is 12.1. The third-order valence-corrected chi connectivity index (χ3v) is 4.60. The highest BCUT2D eigenvalue weighted by Crippen LogP contribution is 2.23. The van der Waals surface area contributed by atoms with Crippen LogP contribution < -0.4 is 4.90 Å². The van der Waals surface area contributed by atoms with Gasteiger partial charge in [-0.25, -0.2) is 9.78 Å². The Balaban J connectivity index is 1.72. The first-order valence-corrected chi connectivity index (χ1v) is 8.60. The molecule has 0 aliphatic carbocycles. The van der Waals surface area contributed by atoms with Crippen LogP contribution in [0.3, 0.4) is 0 Å². The molecule has 0 fully saturated rings. The van der Waals surface area contributed by atoms with E-state index in [9.17, 15) is 9.59 Å². The number of H-pyrrole nitrogens is 1. The molecule has 1 amide bonds. The SMILES string of the molecule is COC(=O)c1ccccc1N(C)C(=O)CSc1nc2ccccc2[nH]1. The Labute approximate surface area is 149 Å². The molecule has 1 heterocycles. The summed E-state index contributed by atoms with van der Waals surface area (Å²) in [6.07, 6.45) is 0. The molecule has 0 saturated heterocycles. The number of esters is 1. The number of thioether (sulfide) groups is 1. The zero-order chi connectivity index (χ0) is 17.8. The molecule has 0 bridgehead atoms. The number of carbonyl (C=O) groups is 2. The summed E-state index contributed by atoms with van der Waals surface area (Å²) in [6, 6.07) is 14.6. The van der Waals surface area contributed by atoms with E-state index in [1.165, 1.54) is 23.8 Å². The van der Waals surface area contributed by atoms with Crippen molar-refractivity contribution in [1.82, 2.24) is 9.97 Å². The summed E-state index contributed by atoms with van der Waals surface area (Å²) in [6.45, 7) is 0. The number of rotatable bonds is 5. The van der Waals surface area contributed by atoms with Crippen LogP contribution in [0.15, 0.2) is 53.7 Å². The molecular weight excluding hydrogens is 338 g/mol. The van der Waals surface area contributed by atoms with Gasteiger partial charge in [-0.1, -0.05) is 36.0 Å². The molecule has 128 valence electrons. The van der Waals surface area contributed by atoms with Gasteiger partial charge >= 0.3 is 5.97 Å². The van der Waals surface area contributed by atoms with Crippen molar-refractivity contribution in [3.05, 3.63) is 54.1 Å². The van der Waals surface area contributed by atoms with Crippen LogP contribution in [-0.4, -0.2) is 41.8 Å². The van der Waals surface area contributed by atoms with E-state index in [1.807, 2.05) is 24.3 Å². The van der Waals surface area contributed by atoms with Gasteiger partial charge in [-0.3, -0.25) is 4.79 Å². The van der Waals surface area contributed by atoms with Crippen LogP contribution in [-0.2, 0) is 9.53 Å². The number of aromatic nitrogens is 2. The van der Waals surface area contributed by atoms with Gasteiger partial charge in [-0.2, -0.15) is 0 Å². The van der Waals surface area contributed by atoms with Crippen LogP contribution in [0.4, 0.5) is 5.69 Å². The largest absolute Gasteiger partial charge is 0.465 e. The molecule has 7 heteroatoms. The van der Waals surface area contributed by atoms with Gasteiger partial charge in [0.15, 0.2) is 5.16 Å². The van der Waals surface area contributed by atoms with E-state index in [4.69, 9.17) is 4.74 Å². The second-order valence-corrected chi connectivity index (χ2v) is 6.27. The summed E-state index contributed by atoms with van der Waals surface area (Å²) in [5.74, 6) is -0.409. The van der Waals surface area contributed by atoms with Crippen LogP contribution in [0.25, 0.3) is 11.0 Å². The molecule has 3 rings (SSSR count). The predicted molar refractivity (Wildman–Crippen MR) is 98.0 cm³/mol. The number of hydrogen-bond donors (Lipinski definition) is 1. The number of nitrogens with zero attached hydrogens (tertiary/aromatic N) is 2. The van der Waals surface area contributed by atoms with Crippen molar-refractivity contribution < 1.29 is 14.3 Å². The van der Waals surface area contributed by atoms with E-state index in [2.05, 4.69) is 9.97 Å². The lowest BCUT2D eigenvalue weighted by Crippen LogP contribution is -2.29. The van der Waals surface area contributed by atoms with Gasteiger partial charge < -0.3 is 14.6 Å². The Hall–Kier alpha value is -2.80. The Morgan fingerprint density at radius 2 is 1.88 bits per heavy atom. The minimum absolute atomic E-state index is 0.137. The number of hydrogen-bond acceptors (Lipinski definition) is 5. The lowest BCUT2D eigenvalue weighted by Gasteiger charge is -2.19. The highest BCUT2D eigenvalue weighted by molar-refractivity contribution is 7.99. The Kier molecular flexibility index (Phi) is 5.04. The second kappa shape index (κ2) is 7.40. The molecule has 0 spiro atoms. The molecule has 6 nitrogen and oxygen atoms in total. The quantitative estimate of drug-likeness (QED) is 0.562. The molecule has 1 aromatic heterocycles. The number of ether oxygens (including phenoxy) is 1. The summed E-state index contributed by atoms with van der Waals surface area (Å²) in [5, 5.41) is 0.684. The predicted octanol–water partition coefficient (Wildman–Crippen LogP) is 3.10. The summed E-state index contributed by atoms with van der Waals surface area (Å²) in [7, 11) is 2.96. The minimum Gasteiger partial charge on any atom is -0.465 e. The standard InChI is InChI=1S/C18H17N3O3S/c1-21(15-10-6-3-7-12(15)17(23)24-2)16(22)11-25-18-19-13-8-4-5-9-14(13)20-18/h3-10H,11H2,1-2H3,(H,19,20). The number of para-hydroxylation sites is 3. The van der Waals surface area contributed by atoms with E-state index in [0.717, 1.165) is 11.0 Å². The molecule has 0 unspecified atom stereocenters. The number of fused-ring (bicyclic) bond motifs is 1. The van der Waals surface area contributed by atoms with Crippen molar-refractivity contribution in [2.45, 2.75) is 5.16 Å². The van der Waals surface area contributed by atoms with Crippen molar-refractivity contribution in [1.29, 1.82) is 0 Å². The number of carbonyl (C=O) groups excluding carboxylic acids is 2. The first-order valence-electron chi connectivity index (χ1n) is 7.61. The number of benzene rings is 2. The van der Waals surface area contributed by atoms with Crippen LogP contribution in [0.5, 0.6) is 0 Å². The zero-order valence-electron chi connectivity index (χ0n) is 13.9. The third-order valence-electron chi connectivity index (χ3n) is 3.74. The number of methoxy groups -OCH3 is 1. The highest BCUT2D eigenvalue weighted by atomic mass is 32.2. The molecule has 0 radical (unpaired) electrons. The van der Waals surface area contributed by atoms with Crippen molar-refractivity contribution >= 4 is 40.4 Å². The summed E-state index contributed by atoms with van der Waals surface area (Å²) < 4.78 is 4.77. The maximum atomic E-state index is 12.5. The first kappa shape index (κ1) is 17.0. The van der Waals surface area contributed by atoms with Crippen molar-refractivity contribution in [2.75, 3.05) is 24.8 Å². The molecule has 0 aliphatic rings. The van der Waals surface area contributed by atoms with Gasteiger partial charge in [0.05, 0.1) is 35.1 Å². The molecular formula is C18H17N3O3S. The van der Waals surface area contributed by atoms with Crippen LogP contribution in [0.1, 0.15) is 10.4 Å². The molecule has 3 aromatic rings. The van der Waals surface area contributed by atoms with E-state index >= 15 is 0 Å². The van der Waals surface area contributed by atoms with E-state index < -0.39 is 5.97 Å². The van der Waals surface area contributed by atoms with Crippen molar-refractivity contribution in [3.8, 4) is 0 Å². The van der Waals surface area contributed by atoms with Gasteiger partial charge in [0, 0.05) is 7.05 Å². The maximum absolute atomic E-state index is 12.5. The number of amides is 1. The smallest absolute Gasteiger partial charge is 0.339 e. The Bertz CT molecular complexity index is 890. The molecule has 2 aromatic carbocycles. The monoisotopic (exact) mass is 355 g/mol. The van der Waals surface area contributed by atoms with E-state index in [0.29, 0.717) is 16.4 Å². The van der Waals surface area contributed by atoms with E-state index in [-0.39, 0.29) is 11.7 Å². The molecule has 25 heavy (non-hydrogen) atoms. The van der Waals surface area contributed by atoms with Gasteiger partial charge in [0.2, 0.25) is 5.91 Å². The average Bonchev–Trinajstić information content (AvgIpc) is 3.07. The number of imidazole rings is 1. The summed E-state index contributed by atoms with van der Waals surface area (Å²) in [5.41, 5.74) is 2.67. The Morgan fingerprint density at radius 1 is 1.16 bits per heavy atom. The van der Waals surface area contributed by atoms with Gasteiger partial charge in [0.1, 0.15) is 0 Å². The molecule has 0 saturated carbocycles. The normalized spacial score (nSPS) is 10.6. The van der Waals surface area contributed by atoms with Crippen LogP contribution >= 0.6 is 11.8 Å². The lowest BCUT2D eigenvalue weighted by molar-refractivity contribution is -0.115. The minimum atomic E-state index is -0.472. The average molecular weight is 355 g/mol. The second-order valence-electron chi connectivity index (χ2n) is 5.31. The third kappa shape index (κ3) is 3.66.